The first kappa shape index (κ1) is 13.4. The highest BCUT2D eigenvalue weighted by Crippen LogP contribution is 2.33. The van der Waals surface area contributed by atoms with Gasteiger partial charge in [0, 0.05) is 41.8 Å². The fourth-order valence-electron chi connectivity index (χ4n) is 3.72. The van der Waals surface area contributed by atoms with Crippen LogP contribution in [0, 0.1) is 5.92 Å². The van der Waals surface area contributed by atoms with Crippen LogP contribution in [0.3, 0.4) is 0 Å². The highest BCUT2D eigenvalue weighted by Gasteiger charge is 2.44. The van der Waals surface area contributed by atoms with Crippen molar-refractivity contribution < 1.29 is 4.21 Å². The Kier molecular flexibility index (Phi) is 3.28. The molecule has 1 N–H and O–H groups in total. The summed E-state index contributed by atoms with van der Waals surface area (Å²) in [7, 11) is -1.11. The number of pyridine rings is 1. The molecule has 3 heterocycles. The zero-order valence-corrected chi connectivity index (χ0v) is 12.8. The lowest BCUT2D eigenvalue weighted by atomic mass is 10.0. The molecule has 4 unspecified atom stereocenters. The van der Waals surface area contributed by atoms with Crippen molar-refractivity contribution in [3.63, 3.8) is 0 Å². The zero-order chi connectivity index (χ0) is 14.4. The summed E-state index contributed by atoms with van der Waals surface area (Å²) in [6.07, 6.45) is 4.80. The number of fused-ring (bicyclic) bond motifs is 2. The molecule has 2 fully saturated rings. The smallest absolute Gasteiger partial charge is 0.128 e. The maximum absolute atomic E-state index is 13.1. The first-order chi connectivity index (χ1) is 10.3. The third-order valence-electron chi connectivity index (χ3n) is 4.83. The van der Waals surface area contributed by atoms with Gasteiger partial charge in [0.05, 0.1) is 4.90 Å². The van der Waals surface area contributed by atoms with E-state index in [-0.39, 0.29) is 0 Å². The van der Waals surface area contributed by atoms with E-state index >= 15 is 0 Å². The van der Waals surface area contributed by atoms with Crippen molar-refractivity contribution in [2.24, 2.45) is 5.92 Å². The van der Waals surface area contributed by atoms with Crippen LogP contribution >= 0.6 is 0 Å². The van der Waals surface area contributed by atoms with E-state index < -0.39 is 11.0 Å². The minimum atomic E-state index is -1.11. The molecule has 2 aliphatic rings. The van der Waals surface area contributed by atoms with Gasteiger partial charge < -0.3 is 5.32 Å². The van der Waals surface area contributed by atoms with Gasteiger partial charge in [0.25, 0.3) is 0 Å². The molecule has 110 valence electrons. The lowest BCUT2D eigenvalue weighted by Crippen LogP contribution is -2.39. The first-order valence-corrected chi connectivity index (χ1v) is 8.61. The Balaban J connectivity index is 1.71. The molecule has 0 spiro atoms. The van der Waals surface area contributed by atoms with E-state index in [0.717, 1.165) is 28.8 Å². The molecule has 1 aromatic carbocycles. The summed E-state index contributed by atoms with van der Waals surface area (Å²) in [6.45, 7) is 4.21. The molecule has 5 heteroatoms. The van der Waals surface area contributed by atoms with Crippen molar-refractivity contribution in [3.05, 3.63) is 36.7 Å². The number of aromatic nitrogens is 1. The maximum atomic E-state index is 13.1. The van der Waals surface area contributed by atoms with Gasteiger partial charge >= 0.3 is 0 Å². The molecular formula is C16H19N3OS. The highest BCUT2D eigenvalue weighted by molar-refractivity contribution is 7.83. The molecule has 0 amide bonds. The molecule has 4 atom stereocenters. The number of nitrogens with one attached hydrogen (secondary N) is 1. The maximum Gasteiger partial charge on any atom is 0.128 e. The van der Waals surface area contributed by atoms with Crippen molar-refractivity contribution in [1.29, 1.82) is 0 Å². The molecule has 21 heavy (non-hydrogen) atoms. The van der Waals surface area contributed by atoms with Gasteiger partial charge in [-0.05, 0) is 37.9 Å². The fraction of sp³-hybridized carbons (Fsp3) is 0.438. The van der Waals surface area contributed by atoms with Crippen LogP contribution in [0.25, 0.3) is 10.8 Å². The summed E-state index contributed by atoms with van der Waals surface area (Å²) >= 11 is 0. The van der Waals surface area contributed by atoms with Gasteiger partial charge in [-0.2, -0.15) is 0 Å². The second kappa shape index (κ2) is 5.16. The van der Waals surface area contributed by atoms with Crippen molar-refractivity contribution in [2.45, 2.75) is 30.3 Å². The van der Waals surface area contributed by atoms with Crippen LogP contribution in [0.5, 0.6) is 0 Å². The molecule has 2 saturated heterocycles. The average molecular weight is 301 g/mol. The molecule has 0 aliphatic carbocycles. The molecule has 1 aromatic heterocycles. The summed E-state index contributed by atoms with van der Waals surface area (Å²) in [6, 6.07) is 8.74. The number of rotatable bonds is 2. The normalized spacial score (nSPS) is 30.6. The summed E-state index contributed by atoms with van der Waals surface area (Å²) in [4.78, 5) is 5.05. The topological polar surface area (TPSA) is 45.2 Å². The predicted molar refractivity (Wildman–Crippen MR) is 84.2 cm³/mol. The quantitative estimate of drug-likeness (QED) is 0.922. The number of hydrogen-bond donors (Lipinski definition) is 1. The minimum absolute atomic E-state index is 0.315. The van der Waals surface area contributed by atoms with Crippen molar-refractivity contribution in [1.82, 2.24) is 14.6 Å². The number of hydrogen-bond acceptors (Lipinski definition) is 3. The van der Waals surface area contributed by atoms with Crippen LogP contribution < -0.4 is 5.32 Å². The lowest BCUT2D eigenvalue weighted by molar-refractivity contribution is 0.395. The van der Waals surface area contributed by atoms with Crippen LogP contribution in [0.15, 0.2) is 41.6 Å². The van der Waals surface area contributed by atoms with E-state index in [4.69, 9.17) is 0 Å². The van der Waals surface area contributed by atoms with Crippen LogP contribution in [-0.2, 0) is 11.0 Å². The van der Waals surface area contributed by atoms with Crippen molar-refractivity contribution in [2.75, 3.05) is 13.1 Å². The Morgan fingerprint density at radius 3 is 3.14 bits per heavy atom. The number of nitrogens with zero attached hydrogens (tertiary/aromatic N) is 2. The molecule has 0 bridgehead atoms. The van der Waals surface area contributed by atoms with Gasteiger partial charge in [0.2, 0.25) is 0 Å². The second-order valence-corrected chi connectivity index (χ2v) is 7.38. The standard InChI is InChI=1S/C16H19N3OS/c1-11-16-13(5-8-18-16)10-19(11)21(20)15-4-2-3-12-9-17-7-6-14(12)15/h2-4,6-7,9,11,13,16,18H,5,8,10H2,1H3. The Morgan fingerprint density at radius 1 is 1.38 bits per heavy atom. The van der Waals surface area contributed by atoms with Gasteiger partial charge in [0.1, 0.15) is 11.0 Å². The summed E-state index contributed by atoms with van der Waals surface area (Å²) in [5, 5.41) is 5.65. The van der Waals surface area contributed by atoms with Gasteiger partial charge in [-0.15, -0.1) is 0 Å². The fourth-order valence-corrected chi connectivity index (χ4v) is 5.30. The molecule has 0 saturated carbocycles. The Morgan fingerprint density at radius 2 is 2.29 bits per heavy atom. The SMILES string of the molecule is CC1C2NCCC2CN1S(=O)c1cccc2cnccc12. The van der Waals surface area contributed by atoms with Crippen LogP contribution in [0.1, 0.15) is 13.3 Å². The molecule has 0 radical (unpaired) electrons. The van der Waals surface area contributed by atoms with Crippen molar-refractivity contribution >= 4 is 21.8 Å². The lowest BCUT2D eigenvalue weighted by Gasteiger charge is -2.23. The number of benzene rings is 1. The molecule has 4 rings (SSSR count). The Labute approximate surface area is 127 Å². The first-order valence-electron chi connectivity index (χ1n) is 7.50. The van der Waals surface area contributed by atoms with E-state index in [9.17, 15) is 4.21 Å². The Bertz CT molecular complexity index is 699. The van der Waals surface area contributed by atoms with Crippen molar-refractivity contribution in [3.8, 4) is 0 Å². The van der Waals surface area contributed by atoms with Gasteiger partial charge in [0.15, 0.2) is 0 Å². The van der Waals surface area contributed by atoms with E-state index in [2.05, 4.69) is 21.5 Å². The van der Waals surface area contributed by atoms with Gasteiger partial charge in [-0.3, -0.25) is 4.98 Å². The molecular weight excluding hydrogens is 282 g/mol. The third-order valence-corrected chi connectivity index (χ3v) is 6.47. The molecule has 2 aliphatic heterocycles. The van der Waals surface area contributed by atoms with Crippen LogP contribution in [0.2, 0.25) is 0 Å². The van der Waals surface area contributed by atoms with E-state index in [1.54, 1.807) is 6.20 Å². The van der Waals surface area contributed by atoms with Gasteiger partial charge in [-0.25, -0.2) is 8.51 Å². The molecule has 2 aromatic rings. The monoisotopic (exact) mass is 301 g/mol. The van der Waals surface area contributed by atoms with E-state index in [0.29, 0.717) is 18.0 Å². The molecule has 4 nitrogen and oxygen atoms in total. The largest absolute Gasteiger partial charge is 0.312 e. The van der Waals surface area contributed by atoms with E-state index in [1.165, 1.54) is 6.42 Å². The third kappa shape index (κ3) is 2.11. The summed E-state index contributed by atoms with van der Waals surface area (Å²) in [5.74, 6) is 0.639. The summed E-state index contributed by atoms with van der Waals surface area (Å²) in [5.41, 5.74) is 0. The van der Waals surface area contributed by atoms with E-state index in [1.807, 2.05) is 30.5 Å². The zero-order valence-electron chi connectivity index (χ0n) is 12.0. The Hall–Kier alpha value is -1.30. The predicted octanol–water partition coefficient (Wildman–Crippen LogP) is 1.94. The average Bonchev–Trinajstić information content (AvgIpc) is 3.09. The van der Waals surface area contributed by atoms with Gasteiger partial charge in [-0.1, -0.05) is 12.1 Å². The van der Waals surface area contributed by atoms with Crippen LogP contribution in [-0.4, -0.2) is 38.7 Å². The highest BCUT2D eigenvalue weighted by atomic mass is 32.2. The summed E-state index contributed by atoms with van der Waals surface area (Å²) < 4.78 is 15.2. The van der Waals surface area contributed by atoms with Crippen LogP contribution in [0.4, 0.5) is 0 Å². The minimum Gasteiger partial charge on any atom is -0.312 e. The second-order valence-electron chi connectivity index (χ2n) is 5.97.